The topological polar surface area (TPSA) is 77.5 Å². The van der Waals surface area contributed by atoms with E-state index < -0.39 is 44.3 Å². The minimum Gasteiger partial charge on any atom is -0.407 e. The molecule has 176 valence electrons. The van der Waals surface area contributed by atoms with Crippen LogP contribution in [0.4, 0.5) is 0 Å². The van der Waals surface area contributed by atoms with Crippen molar-refractivity contribution in [3.05, 3.63) is 83.8 Å². The van der Waals surface area contributed by atoms with Crippen LogP contribution in [-0.2, 0) is 24.1 Å². The van der Waals surface area contributed by atoms with Crippen LogP contribution in [-0.4, -0.2) is 36.0 Å². The summed E-state index contributed by atoms with van der Waals surface area (Å²) in [4.78, 5) is 0.309. The second-order valence-electron chi connectivity index (χ2n) is 10.1. The molecule has 3 aliphatic rings. The number of rotatable bonds is 6. The van der Waals surface area contributed by atoms with Crippen LogP contribution in [0.25, 0.3) is 0 Å². The maximum atomic E-state index is 14.1. The van der Waals surface area contributed by atoms with Crippen LogP contribution in [0.15, 0.2) is 93.6 Å². The molecule has 0 amide bonds. The molecule has 0 spiro atoms. The second kappa shape index (κ2) is 8.04. The van der Waals surface area contributed by atoms with Gasteiger partial charge in [0.1, 0.15) is 5.25 Å². The highest BCUT2D eigenvalue weighted by Crippen LogP contribution is 2.56. The summed E-state index contributed by atoms with van der Waals surface area (Å²) in [6.07, 6.45) is 4.96. The van der Waals surface area contributed by atoms with E-state index in [0.717, 1.165) is 0 Å². The van der Waals surface area contributed by atoms with Gasteiger partial charge in [-0.2, -0.15) is 0 Å². The van der Waals surface area contributed by atoms with E-state index in [4.69, 9.17) is 4.43 Å². The zero-order chi connectivity index (χ0) is 24.1. The predicted molar refractivity (Wildman–Crippen MR) is 133 cm³/mol. The van der Waals surface area contributed by atoms with Gasteiger partial charge < -0.3 is 4.43 Å². The molecule has 0 saturated heterocycles. The fourth-order valence-electron chi connectivity index (χ4n) is 4.89. The summed E-state index contributed by atoms with van der Waals surface area (Å²) in [5, 5.41) is 0.0692. The SMILES string of the molecule is C[C@@]12C=C[C@@](O[Si](C)(C)C)(CC1)[C@@H](S(=O)(=O)c1ccccc1)/C2=C\S(=O)(=O)c1ccccc1. The van der Waals surface area contributed by atoms with E-state index in [1.807, 2.05) is 38.7 Å². The maximum Gasteiger partial charge on any atom is 0.199 e. The Balaban J connectivity index is 1.99. The van der Waals surface area contributed by atoms with Crippen LogP contribution >= 0.6 is 0 Å². The van der Waals surface area contributed by atoms with Crippen molar-refractivity contribution in [2.45, 2.75) is 60.0 Å². The number of allylic oxidation sites excluding steroid dienone is 1. The van der Waals surface area contributed by atoms with E-state index in [1.54, 1.807) is 48.5 Å². The fourth-order valence-corrected chi connectivity index (χ4v) is 10.2. The molecular formula is C25H30O5S2Si. The summed E-state index contributed by atoms with van der Waals surface area (Å²) >= 11 is 0. The summed E-state index contributed by atoms with van der Waals surface area (Å²) in [6.45, 7) is 7.98. The Morgan fingerprint density at radius 3 is 1.88 bits per heavy atom. The standard InChI is InChI=1S/C25H30O5S2Si/c1-24-15-17-25(18-16-24,30-33(2,3)4)23(32(28,29)21-13-9-6-10-14-21)22(24)19-31(26,27)20-11-7-5-8-12-20/h5-15,17,19,23H,16,18H2,1-4H3/b22-19+/t23-,24+,25+/m0/s1. The molecule has 2 aromatic carbocycles. The zero-order valence-corrected chi connectivity index (χ0v) is 22.0. The van der Waals surface area contributed by atoms with E-state index in [1.165, 1.54) is 17.5 Å². The molecule has 5 nitrogen and oxygen atoms in total. The van der Waals surface area contributed by atoms with Crippen LogP contribution < -0.4 is 0 Å². The average molecular weight is 503 g/mol. The molecule has 8 heteroatoms. The van der Waals surface area contributed by atoms with Gasteiger partial charge in [-0.15, -0.1) is 0 Å². The molecule has 0 N–H and O–H groups in total. The van der Waals surface area contributed by atoms with E-state index in [9.17, 15) is 16.8 Å². The van der Waals surface area contributed by atoms with Crippen molar-refractivity contribution in [3.63, 3.8) is 0 Å². The highest BCUT2D eigenvalue weighted by Gasteiger charge is 2.60. The van der Waals surface area contributed by atoms with Crippen molar-refractivity contribution < 1.29 is 21.3 Å². The molecule has 0 aliphatic heterocycles. The monoisotopic (exact) mass is 502 g/mol. The van der Waals surface area contributed by atoms with Gasteiger partial charge in [0.2, 0.25) is 0 Å². The molecule has 0 aromatic heterocycles. The number of fused-ring (bicyclic) bond motifs is 2. The molecule has 33 heavy (non-hydrogen) atoms. The fraction of sp³-hybridized carbons (Fsp3) is 0.360. The first-order valence-corrected chi connectivity index (χ1v) is 17.5. The average Bonchev–Trinajstić information content (AvgIpc) is 2.75. The minimum absolute atomic E-state index is 0.141. The normalized spacial score (nSPS) is 28.8. The highest BCUT2D eigenvalue weighted by atomic mass is 32.2. The summed E-state index contributed by atoms with van der Waals surface area (Å²) < 4.78 is 61.6. The van der Waals surface area contributed by atoms with Gasteiger partial charge in [0.25, 0.3) is 0 Å². The molecule has 3 atom stereocenters. The second-order valence-corrected chi connectivity index (χ2v) is 18.3. The van der Waals surface area contributed by atoms with E-state index >= 15 is 0 Å². The van der Waals surface area contributed by atoms with Crippen molar-refractivity contribution in [2.24, 2.45) is 5.41 Å². The van der Waals surface area contributed by atoms with E-state index in [0.29, 0.717) is 18.4 Å². The lowest BCUT2D eigenvalue weighted by Crippen LogP contribution is -2.61. The van der Waals surface area contributed by atoms with Crippen molar-refractivity contribution >= 4 is 28.0 Å². The van der Waals surface area contributed by atoms with Crippen molar-refractivity contribution in [2.75, 3.05) is 0 Å². The van der Waals surface area contributed by atoms with Gasteiger partial charge in [0, 0.05) is 10.8 Å². The first kappa shape index (κ1) is 24.1. The third-order valence-electron chi connectivity index (χ3n) is 6.39. The Bertz CT molecular complexity index is 1310. The van der Waals surface area contributed by atoms with Gasteiger partial charge >= 0.3 is 0 Å². The predicted octanol–water partition coefficient (Wildman–Crippen LogP) is 5.15. The number of hydrogen-bond donors (Lipinski definition) is 0. The van der Waals surface area contributed by atoms with Crippen LogP contribution in [0.2, 0.25) is 19.6 Å². The summed E-state index contributed by atoms with van der Waals surface area (Å²) in [7, 11) is -10.0. The Morgan fingerprint density at radius 2 is 1.39 bits per heavy atom. The molecule has 0 radical (unpaired) electrons. The zero-order valence-electron chi connectivity index (χ0n) is 19.4. The van der Waals surface area contributed by atoms with Gasteiger partial charge in [-0.25, -0.2) is 16.8 Å². The number of sulfone groups is 2. The quantitative estimate of drug-likeness (QED) is 0.403. The largest absolute Gasteiger partial charge is 0.407 e. The number of hydrogen-bond acceptors (Lipinski definition) is 5. The minimum atomic E-state index is -3.95. The van der Waals surface area contributed by atoms with Crippen LogP contribution in [0.5, 0.6) is 0 Å². The smallest absolute Gasteiger partial charge is 0.199 e. The molecule has 0 unspecified atom stereocenters. The molecule has 0 heterocycles. The maximum absolute atomic E-state index is 14.1. The third kappa shape index (κ3) is 4.41. The molecule has 1 saturated carbocycles. The lowest BCUT2D eigenvalue weighted by atomic mass is 9.61. The first-order chi connectivity index (χ1) is 15.3. The molecule has 1 fully saturated rings. The molecule has 2 aromatic rings. The highest BCUT2D eigenvalue weighted by molar-refractivity contribution is 7.94. The van der Waals surface area contributed by atoms with E-state index in [2.05, 4.69) is 0 Å². The summed E-state index contributed by atoms with van der Waals surface area (Å²) in [6, 6.07) is 16.4. The number of benzene rings is 2. The van der Waals surface area contributed by atoms with Crippen molar-refractivity contribution in [1.29, 1.82) is 0 Å². The van der Waals surface area contributed by atoms with Gasteiger partial charge in [0.15, 0.2) is 28.0 Å². The van der Waals surface area contributed by atoms with Crippen molar-refractivity contribution in [3.8, 4) is 0 Å². The summed E-state index contributed by atoms with van der Waals surface area (Å²) in [5.74, 6) is 0. The lowest BCUT2D eigenvalue weighted by molar-refractivity contribution is 0.0570. The van der Waals surface area contributed by atoms with Crippen LogP contribution in [0.3, 0.4) is 0 Å². The van der Waals surface area contributed by atoms with Gasteiger partial charge in [-0.05, 0) is 62.3 Å². The van der Waals surface area contributed by atoms with Gasteiger partial charge in [-0.3, -0.25) is 0 Å². The van der Waals surface area contributed by atoms with Crippen molar-refractivity contribution in [1.82, 2.24) is 0 Å². The Kier molecular flexibility index (Phi) is 5.88. The van der Waals surface area contributed by atoms with Gasteiger partial charge in [0.05, 0.1) is 15.4 Å². The van der Waals surface area contributed by atoms with E-state index in [-0.39, 0.29) is 9.79 Å². The molecular weight excluding hydrogens is 472 g/mol. The Morgan fingerprint density at radius 1 is 0.848 bits per heavy atom. The molecule has 5 rings (SSSR count). The summed E-state index contributed by atoms with van der Waals surface area (Å²) in [5.41, 5.74) is -1.42. The lowest BCUT2D eigenvalue weighted by Gasteiger charge is -2.55. The third-order valence-corrected chi connectivity index (χ3v) is 11.1. The van der Waals surface area contributed by atoms with Gasteiger partial charge in [-0.1, -0.05) is 55.5 Å². The first-order valence-electron chi connectivity index (χ1n) is 11.0. The van der Waals surface area contributed by atoms with Crippen LogP contribution in [0.1, 0.15) is 19.8 Å². The molecule has 3 aliphatic carbocycles. The Hall–Kier alpha value is -2.00. The van der Waals surface area contributed by atoms with Crippen LogP contribution in [0, 0.1) is 5.41 Å². The molecule has 2 bridgehead atoms. The Labute approximate surface area is 198 Å².